The zero-order valence-electron chi connectivity index (χ0n) is 16.0. The Kier molecular flexibility index (Phi) is 5.28. The highest BCUT2D eigenvalue weighted by molar-refractivity contribution is 5.68. The van der Waals surface area contributed by atoms with Gasteiger partial charge in [-0.1, -0.05) is 48.5 Å². The van der Waals surface area contributed by atoms with Gasteiger partial charge in [0, 0.05) is 32.2 Å². The van der Waals surface area contributed by atoms with Gasteiger partial charge in [-0.25, -0.2) is 9.48 Å². The molecule has 0 unspecified atom stereocenters. The fourth-order valence-electron chi connectivity index (χ4n) is 3.40. The van der Waals surface area contributed by atoms with Crippen molar-refractivity contribution in [2.75, 3.05) is 31.1 Å². The highest BCUT2D eigenvalue weighted by atomic mass is 16.6. The molecule has 0 bridgehead atoms. The largest absolute Gasteiger partial charge is 0.445 e. The maximum absolute atomic E-state index is 12.4. The summed E-state index contributed by atoms with van der Waals surface area (Å²) in [6, 6.07) is 22.0. The number of ether oxygens (including phenoxy) is 1. The van der Waals surface area contributed by atoms with Crippen LogP contribution in [-0.4, -0.2) is 47.0 Å². The number of amides is 1. The number of aromatic nitrogens is 2. The van der Waals surface area contributed by atoms with Crippen LogP contribution in [0.25, 0.3) is 5.69 Å². The van der Waals surface area contributed by atoms with E-state index in [9.17, 15) is 4.79 Å². The topological polar surface area (TPSA) is 50.6 Å². The number of aryl methyl sites for hydroxylation is 1. The monoisotopic (exact) mass is 376 g/mol. The second-order valence-electron chi connectivity index (χ2n) is 6.91. The summed E-state index contributed by atoms with van der Waals surface area (Å²) in [6.07, 6.45) is -0.253. The third-order valence-corrected chi connectivity index (χ3v) is 4.88. The van der Waals surface area contributed by atoms with Crippen molar-refractivity contribution in [1.82, 2.24) is 14.7 Å². The molecule has 0 saturated carbocycles. The van der Waals surface area contributed by atoms with E-state index < -0.39 is 0 Å². The summed E-state index contributed by atoms with van der Waals surface area (Å²) >= 11 is 0. The molecule has 1 aliphatic rings. The lowest BCUT2D eigenvalue weighted by Crippen LogP contribution is -2.49. The first-order valence-corrected chi connectivity index (χ1v) is 9.53. The van der Waals surface area contributed by atoms with Crippen molar-refractivity contribution in [3.63, 3.8) is 0 Å². The smallest absolute Gasteiger partial charge is 0.410 e. The summed E-state index contributed by atoms with van der Waals surface area (Å²) in [7, 11) is 0. The van der Waals surface area contributed by atoms with Crippen molar-refractivity contribution < 1.29 is 9.53 Å². The van der Waals surface area contributed by atoms with E-state index in [1.807, 2.05) is 72.3 Å². The number of hydrogen-bond donors (Lipinski definition) is 0. The molecule has 1 fully saturated rings. The van der Waals surface area contributed by atoms with Crippen LogP contribution < -0.4 is 4.90 Å². The van der Waals surface area contributed by atoms with Gasteiger partial charge in [0.2, 0.25) is 0 Å². The van der Waals surface area contributed by atoms with Gasteiger partial charge in [-0.3, -0.25) is 0 Å². The number of para-hydroxylation sites is 1. The Balaban J connectivity index is 1.38. The minimum atomic E-state index is -0.253. The standard InChI is InChI=1S/C22H24N4O2/c1-18-16-21(26(23-18)20-10-6-3-7-11-20)24-12-14-25(15-13-24)22(27)28-17-19-8-4-2-5-9-19/h2-11,16H,12-15,17H2,1H3. The van der Waals surface area contributed by atoms with E-state index in [-0.39, 0.29) is 6.09 Å². The molecule has 0 spiro atoms. The molecule has 144 valence electrons. The van der Waals surface area contributed by atoms with E-state index >= 15 is 0 Å². The summed E-state index contributed by atoms with van der Waals surface area (Å²) in [5, 5.41) is 4.64. The number of anilines is 1. The molecule has 3 aromatic rings. The van der Waals surface area contributed by atoms with Crippen molar-refractivity contribution in [3.05, 3.63) is 78.0 Å². The number of benzene rings is 2. The number of nitrogens with zero attached hydrogens (tertiary/aromatic N) is 4. The molecule has 2 heterocycles. The molecule has 0 radical (unpaired) electrons. The van der Waals surface area contributed by atoms with Gasteiger partial charge in [0.25, 0.3) is 0 Å². The van der Waals surface area contributed by atoms with Gasteiger partial charge < -0.3 is 14.5 Å². The Morgan fingerprint density at radius 3 is 2.29 bits per heavy atom. The normalized spacial score (nSPS) is 14.2. The lowest BCUT2D eigenvalue weighted by molar-refractivity contribution is 0.0941. The van der Waals surface area contributed by atoms with Crippen LogP contribution in [0.15, 0.2) is 66.7 Å². The number of carbonyl (C=O) groups is 1. The fraction of sp³-hybridized carbons (Fsp3) is 0.273. The Morgan fingerprint density at radius 1 is 0.964 bits per heavy atom. The van der Waals surface area contributed by atoms with E-state index in [1.165, 1.54) is 0 Å². The van der Waals surface area contributed by atoms with Gasteiger partial charge in [0.15, 0.2) is 0 Å². The van der Waals surface area contributed by atoms with Crippen LogP contribution in [0.3, 0.4) is 0 Å². The summed E-state index contributed by atoms with van der Waals surface area (Å²) in [5.74, 6) is 1.06. The first-order chi connectivity index (χ1) is 13.7. The predicted molar refractivity (Wildman–Crippen MR) is 109 cm³/mol. The first-order valence-electron chi connectivity index (χ1n) is 9.53. The van der Waals surface area contributed by atoms with E-state index in [0.29, 0.717) is 19.7 Å². The molecule has 0 atom stereocenters. The molecule has 0 aliphatic carbocycles. The first kappa shape index (κ1) is 18.1. The van der Waals surface area contributed by atoms with Crippen LogP contribution >= 0.6 is 0 Å². The van der Waals surface area contributed by atoms with E-state index in [2.05, 4.69) is 16.1 Å². The molecule has 6 nitrogen and oxygen atoms in total. The number of rotatable bonds is 4. The third kappa shape index (κ3) is 4.01. The van der Waals surface area contributed by atoms with Crippen molar-refractivity contribution >= 4 is 11.9 Å². The van der Waals surface area contributed by atoms with E-state index in [4.69, 9.17) is 4.74 Å². The van der Waals surface area contributed by atoms with Crippen LogP contribution in [0.5, 0.6) is 0 Å². The summed E-state index contributed by atoms with van der Waals surface area (Å²) in [4.78, 5) is 16.4. The average Bonchev–Trinajstić information content (AvgIpc) is 3.15. The van der Waals surface area contributed by atoms with Crippen molar-refractivity contribution in [1.29, 1.82) is 0 Å². The quantitative estimate of drug-likeness (QED) is 0.698. The molecule has 1 aromatic heterocycles. The minimum Gasteiger partial charge on any atom is -0.445 e. The summed E-state index contributed by atoms with van der Waals surface area (Å²) in [5.41, 5.74) is 3.01. The van der Waals surface area contributed by atoms with Crippen molar-refractivity contribution in [2.24, 2.45) is 0 Å². The van der Waals surface area contributed by atoms with Crippen molar-refractivity contribution in [3.8, 4) is 5.69 Å². The molecule has 0 N–H and O–H groups in total. The van der Waals surface area contributed by atoms with Gasteiger partial charge in [0.1, 0.15) is 12.4 Å². The lowest BCUT2D eigenvalue weighted by Gasteiger charge is -2.35. The molecule has 1 saturated heterocycles. The van der Waals surface area contributed by atoms with Gasteiger partial charge in [-0.05, 0) is 24.6 Å². The van der Waals surface area contributed by atoms with Gasteiger partial charge in [-0.2, -0.15) is 5.10 Å². The molecule has 1 amide bonds. The molecule has 2 aromatic carbocycles. The van der Waals surface area contributed by atoms with Crippen LogP contribution in [0.2, 0.25) is 0 Å². The van der Waals surface area contributed by atoms with Crippen LogP contribution in [0.4, 0.5) is 10.6 Å². The second-order valence-corrected chi connectivity index (χ2v) is 6.91. The SMILES string of the molecule is Cc1cc(N2CCN(C(=O)OCc3ccccc3)CC2)n(-c2ccccc2)n1. The van der Waals surface area contributed by atoms with E-state index in [1.54, 1.807) is 4.90 Å². The second kappa shape index (κ2) is 8.17. The highest BCUT2D eigenvalue weighted by Gasteiger charge is 2.24. The van der Waals surface area contributed by atoms with E-state index in [0.717, 1.165) is 35.9 Å². The summed E-state index contributed by atoms with van der Waals surface area (Å²) < 4.78 is 7.43. The predicted octanol–water partition coefficient (Wildman–Crippen LogP) is 3.64. The number of carbonyl (C=O) groups excluding carboxylic acids is 1. The van der Waals surface area contributed by atoms with Crippen molar-refractivity contribution in [2.45, 2.75) is 13.5 Å². The van der Waals surface area contributed by atoms with Crippen LogP contribution in [-0.2, 0) is 11.3 Å². The molecule has 4 rings (SSSR count). The van der Waals surface area contributed by atoms with Crippen LogP contribution in [0.1, 0.15) is 11.3 Å². The zero-order chi connectivity index (χ0) is 19.3. The maximum Gasteiger partial charge on any atom is 0.410 e. The third-order valence-electron chi connectivity index (χ3n) is 4.88. The molecular weight excluding hydrogens is 352 g/mol. The maximum atomic E-state index is 12.4. The van der Waals surface area contributed by atoms with Gasteiger partial charge in [-0.15, -0.1) is 0 Å². The molecule has 1 aliphatic heterocycles. The zero-order valence-corrected chi connectivity index (χ0v) is 16.0. The average molecular weight is 376 g/mol. The molecule has 6 heteroatoms. The Hall–Kier alpha value is -3.28. The number of piperazine rings is 1. The molecular formula is C22H24N4O2. The van der Waals surface area contributed by atoms with Gasteiger partial charge >= 0.3 is 6.09 Å². The molecule has 28 heavy (non-hydrogen) atoms. The number of hydrogen-bond acceptors (Lipinski definition) is 4. The lowest BCUT2D eigenvalue weighted by atomic mass is 10.2. The Bertz CT molecular complexity index is 916. The Labute approximate surface area is 164 Å². The fourth-order valence-corrected chi connectivity index (χ4v) is 3.40. The Morgan fingerprint density at radius 2 is 1.61 bits per heavy atom. The minimum absolute atomic E-state index is 0.253. The highest BCUT2D eigenvalue weighted by Crippen LogP contribution is 2.22. The van der Waals surface area contributed by atoms with Gasteiger partial charge in [0.05, 0.1) is 11.4 Å². The summed E-state index contributed by atoms with van der Waals surface area (Å²) in [6.45, 7) is 5.07. The van der Waals surface area contributed by atoms with Crippen LogP contribution in [0, 0.1) is 6.92 Å².